The zero-order chi connectivity index (χ0) is 21.2. The van der Waals surface area contributed by atoms with E-state index in [1.165, 1.54) is 31.4 Å². The molecule has 29 heavy (non-hydrogen) atoms. The second kappa shape index (κ2) is 10.4. The van der Waals surface area contributed by atoms with Gasteiger partial charge in [-0.3, -0.25) is 24.5 Å². The molecule has 10 nitrogen and oxygen atoms in total. The number of nitrogens with one attached hydrogen (secondary N) is 2. The number of rotatable bonds is 9. The van der Waals surface area contributed by atoms with Crippen LogP contribution in [0.15, 0.2) is 48.5 Å². The molecule has 0 heterocycles. The van der Waals surface area contributed by atoms with Gasteiger partial charge in [0.2, 0.25) is 5.91 Å². The molecular formula is C19H19N3O7. The number of methoxy groups -OCH3 is 1. The lowest BCUT2D eigenvalue weighted by Crippen LogP contribution is -2.21. The third-order valence-corrected chi connectivity index (χ3v) is 3.63. The van der Waals surface area contributed by atoms with E-state index in [4.69, 9.17) is 9.47 Å². The molecule has 0 aliphatic carbocycles. The number of amides is 2. The lowest BCUT2D eigenvalue weighted by molar-refractivity contribution is -0.384. The second-order valence-corrected chi connectivity index (χ2v) is 5.79. The largest absolute Gasteiger partial charge is 0.497 e. The molecule has 10 heteroatoms. The Morgan fingerprint density at radius 3 is 2.31 bits per heavy atom. The van der Waals surface area contributed by atoms with Crippen LogP contribution in [-0.2, 0) is 19.1 Å². The van der Waals surface area contributed by atoms with E-state index in [1.807, 2.05) is 0 Å². The number of non-ortho nitro benzene ring substituents is 1. The van der Waals surface area contributed by atoms with Crippen LogP contribution in [-0.4, -0.2) is 36.4 Å². The molecule has 0 saturated heterocycles. The highest BCUT2D eigenvalue weighted by atomic mass is 16.6. The summed E-state index contributed by atoms with van der Waals surface area (Å²) < 4.78 is 9.82. The minimum atomic E-state index is -0.718. The van der Waals surface area contributed by atoms with Crippen LogP contribution in [0.5, 0.6) is 5.75 Å². The van der Waals surface area contributed by atoms with Crippen LogP contribution in [0.3, 0.4) is 0 Å². The van der Waals surface area contributed by atoms with Gasteiger partial charge in [0.25, 0.3) is 11.6 Å². The number of nitro benzene ring substituents is 1. The summed E-state index contributed by atoms with van der Waals surface area (Å²) in [5.74, 6) is -1.10. The minimum absolute atomic E-state index is 0.114. The predicted octanol–water partition coefficient (Wildman–Crippen LogP) is 2.50. The van der Waals surface area contributed by atoms with Gasteiger partial charge < -0.3 is 20.1 Å². The van der Waals surface area contributed by atoms with Gasteiger partial charge in [-0.2, -0.15) is 0 Å². The lowest BCUT2D eigenvalue weighted by atomic mass is 10.2. The molecular weight excluding hydrogens is 382 g/mol. The van der Waals surface area contributed by atoms with Gasteiger partial charge in [-0.25, -0.2) is 0 Å². The van der Waals surface area contributed by atoms with Gasteiger partial charge >= 0.3 is 5.97 Å². The third kappa shape index (κ3) is 7.29. The number of nitro groups is 1. The number of hydrogen-bond acceptors (Lipinski definition) is 7. The maximum atomic E-state index is 11.9. The predicted molar refractivity (Wildman–Crippen MR) is 104 cm³/mol. The topological polar surface area (TPSA) is 137 Å². The van der Waals surface area contributed by atoms with E-state index >= 15 is 0 Å². The SMILES string of the molecule is COc1ccc(NC(=O)CCC(=O)OCC(=O)Nc2cccc([N+](=O)[O-])c2)cc1. The fraction of sp³-hybridized carbons (Fsp3) is 0.211. The van der Waals surface area contributed by atoms with Crippen LogP contribution in [0.4, 0.5) is 17.1 Å². The van der Waals surface area contributed by atoms with E-state index in [0.717, 1.165) is 0 Å². The Morgan fingerprint density at radius 2 is 1.66 bits per heavy atom. The van der Waals surface area contributed by atoms with Crippen LogP contribution in [0, 0.1) is 10.1 Å². The maximum absolute atomic E-state index is 11.9. The molecule has 2 aromatic carbocycles. The van der Waals surface area contributed by atoms with Crippen LogP contribution in [0.2, 0.25) is 0 Å². The van der Waals surface area contributed by atoms with Gasteiger partial charge in [-0.15, -0.1) is 0 Å². The Hall–Kier alpha value is -3.95. The van der Waals surface area contributed by atoms with Crippen molar-refractivity contribution in [1.82, 2.24) is 0 Å². The molecule has 0 spiro atoms. The summed E-state index contributed by atoms with van der Waals surface area (Å²) in [5.41, 5.74) is 0.585. The molecule has 0 saturated carbocycles. The zero-order valence-corrected chi connectivity index (χ0v) is 15.5. The lowest BCUT2D eigenvalue weighted by Gasteiger charge is -2.08. The number of anilines is 2. The first-order chi connectivity index (χ1) is 13.9. The van der Waals surface area contributed by atoms with Crippen molar-refractivity contribution in [2.24, 2.45) is 0 Å². The molecule has 0 fully saturated rings. The molecule has 0 aliphatic rings. The first-order valence-corrected chi connectivity index (χ1v) is 8.51. The van der Waals surface area contributed by atoms with E-state index in [2.05, 4.69) is 10.6 Å². The number of benzene rings is 2. The number of hydrogen-bond donors (Lipinski definition) is 2. The molecule has 0 unspecified atom stereocenters. The monoisotopic (exact) mass is 401 g/mol. The van der Waals surface area contributed by atoms with E-state index in [0.29, 0.717) is 11.4 Å². The summed E-state index contributed by atoms with van der Waals surface area (Å²) >= 11 is 0. The Kier molecular flexibility index (Phi) is 7.66. The summed E-state index contributed by atoms with van der Waals surface area (Å²) in [6.45, 7) is -0.568. The molecule has 152 valence electrons. The number of esters is 1. The number of carbonyl (C=O) groups excluding carboxylic acids is 3. The first kappa shape index (κ1) is 21.4. The van der Waals surface area contributed by atoms with Crippen molar-refractivity contribution in [3.8, 4) is 5.75 Å². The molecule has 2 amide bonds. The smallest absolute Gasteiger partial charge is 0.306 e. The molecule has 2 rings (SSSR count). The molecule has 2 N–H and O–H groups in total. The quantitative estimate of drug-likeness (QED) is 0.374. The fourth-order valence-corrected chi connectivity index (χ4v) is 2.23. The molecule has 0 radical (unpaired) electrons. The van der Waals surface area contributed by atoms with Crippen LogP contribution in [0.1, 0.15) is 12.8 Å². The van der Waals surface area contributed by atoms with Gasteiger partial charge in [0.15, 0.2) is 6.61 Å². The van der Waals surface area contributed by atoms with Crippen molar-refractivity contribution in [2.45, 2.75) is 12.8 Å². The van der Waals surface area contributed by atoms with E-state index in [-0.39, 0.29) is 30.1 Å². The molecule has 2 aromatic rings. The molecule has 0 aliphatic heterocycles. The minimum Gasteiger partial charge on any atom is -0.497 e. The van der Waals surface area contributed by atoms with Gasteiger partial charge in [0.05, 0.1) is 18.5 Å². The van der Waals surface area contributed by atoms with Crippen molar-refractivity contribution >= 4 is 34.8 Å². The first-order valence-electron chi connectivity index (χ1n) is 8.51. The van der Waals surface area contributed by atoms with Crippen LogP contribution >= 0.6 is 0 Å². The molecule has 0 aromatic heterocycles. The molecule has 0 atom stereocenters. The highest BCUT2D eigenvalue weighted by Gasteiger charge is 2.12. The molecule has 0 bridgehead atoms. The average Bonchev–Trinajstić information content (AvgIpc) is 2.71. The summed E-state index contributed by atoms with van der Waals surface area (Å²) in [6, 6.07) is 12.0. The fourth-order valence-electron chi connectivity index (χ4n) is 2.23. The number of carbonyl (C=O) groups is 3. The average molecular weight is 401 g/mol. The van der Waals surface area contributed by atoms with Gasteiger partial charge in [0, 0.05) is 29.9 Å². The van der Waals surface area contributed by atoms with Crippen molar-refractivity contribution < 1.29 is 28.8 Å². The number of nitrogens with zero attached hydrogens (tertiary/aromatic N) is 1. The van der Waals surface area contributed by atoms with Crippen LogP contribution in [0.25, 0.3) is 0 Å². The van der Waals surface area contributed by atoms with E-state index in [1.54, 1.807) is 24.3 Å². The van der Waals surface area contributed by atoms with Crippen molar-refractivity contribution in [3.05, 3.63) is 58.6 Å². The van der Waals surface area contributed by atoms with Crippen molar-refractivity contribution in [3.63, 3.8) is 0 Å². The maximum Gasteiger partial charge on any atom is 0.306 e. The van der Waals surface area contributed by atoms with Crippen molar-refractivity contribution in [2.75, 3.05) is 24.4 Å². The Morgan fingerprint density at radius 1 is 0.966 bits per heavy atom. The van der Waals surface area contributed by atoms with Crippen LogP contribution < -0.4 is 15.4 Å². The van der Waals surface area contributed by atoms with Gasteiger partial charge in [-0.1, -0.05) is 6.07 Å². The normalized spacial score (nSPS) is 9.97. The Labute approximate surface area is 166 Å². The van der Waals surface area contributed by atoms with E-state index in [9.17, 15) is 24.5 Å². The van der Waals surface area contributed by atoms with Gasteiger partial charge in [-0.05, 0) is 30.3 Å². The van der Waals surface area contributed by atoms with Crippen molar-refractivity contribution in [1.29, 1.82) is 0 Å². The highest BCUT2D eigenvalue weighted by molar-refractivity contribution is 5.94. The van der Waals surface area contributed by atoms with Gasteiger partial charge in [0.1, 0.15) is 5.75 Å². The summed E-state index contributed by atoms with van der Waals surface area (Å²) in [5, 5.41) is 15.7. The number of ether oxygens (including phenoxy) is 2. The third-order valence-electron chi connectivity index (χ3n) is 3.63. The Balaban J connectivity index is 1.70. The highest BCUT2D eigenvalue weighted by Crippen LogP contribution is 2.17. The summed E-state index contributed by atoms with van der Waals surface area (Å²) in [6.07, 6.45) is -0.316. The standard InChI is InChI=1S/C19H19N3O7/c1-28-16-7-5-13(6-8-16)20-17(23)9-10-19(25)29-12-18(24)21-14-3-2-4-15(11-14)22(26)27/h2-8,11H,9-10,12H2,1H3,(H,20,23)(H,21,24). The Bertz CT molecular complexity index is 897. The van der Waals surface area contributed by atoms with E-state index < -0.39 is 23.4 Å². The zero-order valence-electron chi connectivity index (χ0n) is 15.5. The second-order valence-electron chi connectivity index (χ2n) is 5.79. The summed E-state index contributed by atoms with van der Waals surface area (Å²) in [7, 11) is 1.53. The summed E-state index contributed by atoms with van der Waals surface area (Å²) in [4.78, 5) is 45.5.